The lowest BCUT2D eigenvalue weighted by Gasteiger charge is -2.25. The fourth-order valence-corrected chi connectivity index (χ4v) is 4.12. The zero-order chi connectivity index (χ0) is 22.8. The lowest BCUT2D eigenvalue weighted by molar-refractivity contribution is -0.146. The van der Waals surface area contributed by atoms with Gasteiger partial charge in [-0.3, -0.25) is 14.2 Å². The Kier molecular flexibility index (Phi) is 6.31. The molecule has 0 N–H and O–H groups in total. The number of fused-ring (bicyclic) bond motifs is 1. The van der Waals surface area contributed by atoms with Crippen LogP contribution >= 0.6 is 0 Å². The van der Waals surface area contributed by atoms with Crippen molar-refractivity contribution in [3.63, 3.8) is 0 Å². The van der Waals surface area contributed by atoms with E-state index in [0.717, 1.165) is 22.9 Å². The van der Waals surface area contributed by atoms with Crippen LogP contribution in [0.15, 0.2) is 53.6 Å². The van der Waals surface area contributed by atoms with E-state index in [1.165, 1.54) is 17.8 Å². The second kappa shape index (κ2) is 8.63. The van der Waals surface area contributed by atoms with Crippen molar-refractivity contribution < 1.29 is 17.9 Å². The van der Waals surface area contributed by atoms with Gasteiger partial charge in [-0.25, -0.2) is 13.4 Å². The molecule has 164 valence electrons. The van der Waals surface area contributed by atoms with Gasteiger partial charge in [0.1, 0.15) is 0 Å². The minimum atomic E-state index is -3.76. The largest absolute Gasteiger partial charge is 0.465 e. The summed E-state index contributed by atoms with van der Waals surface area (Å²) in [4.78, 5) is 29.6. The molecule has 3 rings (SSSR count). The Morgan fingerprint density at radius 3 is 2.39 bits per heavy atom. The fourth-order valence-electron chi connectivity index (χ4n) is 3.30. The molecule has 0 saturated heterocycles. The van der Waals surface area contributed by atoms with E-state index in [-0.39, 0.29) is 25.1 Å². The van der Waals surface area contributed by atoms with E-state index in [1.807, 2.05) is 43.3 Å². The van der Waals surface area contributed by atoms with Gasteiger partial charge in [0.05, 0.1) is 23.8 Å². The van der Waals surface area contributed by atoms with E-state index in [4.69, 9.17) is 4.74 Å². The van der Waals surface area contributed by atoms with E-state index in [0.29, 0.717) is 10.9 Å². The molecule has 0 amide bonds. The Morgan fingerprint density at radius 2 is 1.77 bits per heavy atom. The van der Waals surface area contributed by atoms with E-state index >= 15 is 0 Å². The molecule has 0 aliphatic carbocycles. The molecular formula is C23H26N2O5S. The predicted molar refractivity (Wildman–Crippen MR) is 121 cm³/mol. The average molecular weight is 443 g/mol. The molecule has 0 fully saturated rings. The number of aryl methyl sites for hydroxylation is 2. The summed E-state index contributed by atoms with van der Waals surface area (Å²) < 4.78 is 29.1. The van der Waals surface area contributed by atoms with Crippen molar-refractivity contribution in [2.45, 2.75) is 38.5 Å². The molecule has 0 saturated carbocycles. The van der Waals surface area contributed by atoms with E-state index in [9.17, 15) is 18.0 Å². The number of aromatic nitrogens is 2. The van der Waals surface area contributed by atoms with Gasteiger partial charge in [0.2, 0.25) is 0 Å². The maximum Gasteiger partial charge on any atom is 0.327 e. The van der Waals surface area contributed by atoms with Crippen molar-refractivity contribution >= 4 is 26.7 Å². The molecular weight excluding hydrogens is 416 g/mol. The fraction of sp³-hybridized carbons (Fsp3) is 0.348. The summed E-state index contributed by atoms with van der Waals surface area (Å²) in [6.45, 7) is 5.05. The molecule has 1 aromatic heterocycles. The second-order valence-corrected chi connectivity index (χ2v) is 10.3. The molecule has 0 radical (unpaired) electrons. The highest BCUT2D eigenvalue weighted by atomic mass is 32.2. The molecule has 3 aromatic rings. The summed E-state index contributed by atoms with van der Waals surface area (Å²) in [5, 5.41) is 0.426. The SMILES string of the molecule is CCOC(=O)[C@@](C)(CCn1cnc2cc(-c3ccc(C)cc3)ccc2c1=O)S(C)(=O)=O. The molecule has 1 atom stereocenters. The van der Waals surface area contributed by atoms with Gasteiger partial charge < -0.3 is 4.74 Å². The van der Waals surface area contributed by atoms with Crippen LogP contribution in [0.1, 0.15) is 25.8 Å². The Morgan fingerprint density at radius 1 is 1.13 bits per heavy atom. The third-order valence-corrected chi connectivity index (χ3v) is 7.57. The first-order valence-corrected chi connectivity index (χ1v) is 11.9. The first-order chi connectivity index (χ1) is 14.6. The maximum absolute atomic E-state index is 12.9. The number of hydrogen-bond acceptors (Lipinski definition) is 6. The Labute approximate surface area is 181 Å². The number of sulfone groups is 1. The highest BCUT2D eigenvalue weighted by Gasteiger charge is 2.44. The highest BCUT2D eigenvalue weighted by Crippen LogP contribution is 2.25. The van der Waals surface area contributed by atoms with Gasteiger partial charge in [-0.15, -0.1) is 0 Å². The topological polar surface area (TPSA) is 95.3 Å². The number of esters is 1. The van der Waals surface area contributed by atoms with Crippen LogP contribution in [-0.2, 0) is 25.9 Å². The van der Waals surface area contributed by atoms with Crippen molar-refractivity contribution in [2.75, 3.05) is 12.9 Å². The first-order valence-electron chi connectivity index (χ1n) is 10.00. The normalized spacial score (nSPS) is 13.7. The van der Waals surface area contributed by atoms with E-state index in [2.05, 4.69) is 4.98 Å². The third-order valence-electron chi connectivity index (χ3n) is 5.57. The molecule has 0 aliphatic rings. The van der Waals surface area contributed by atoms with Crippen LogP contribution in [0.5, 0.6) is 0 Å². The summed E-state index contributed by atoms with van der Waals surface area (Å²) >= 11 is 0. The van der Waals surface area contributed by atoms with Crippen molar-refractivity contribution in [3.8, 4) is 11.1 Å². The zero-order valence-corrected chi connectivity index (χ0v) is 18.9. The van der Waals surface area contributed by atoms with Gasteiger partial charge in [-0.05, 0) is 50.5 Å². The van der Waals surface area contributed by atoms with Crippen LogP contribution < -0.4 is 5.56 Å². The average Bonchev–Trinajstić information content (AvgIpc) is 2.72. The number of carbonyl (C=O) groups excluding carboxylic acids is 1. The summed E-state index contributed by atoms with van der Waals surface area (Å²) in [6.07, 6.45) is 2.29. The van der Waals surface area contributed by atoms with Crippen LogP contribution in [0, 0.1) is 6.92 Å². The van der Waals surface area contributed by atoms with Crippen LogP contribution in [0.25, 0.3) is 22.0 Å². The number of ether oxygens (including phenoxy) is 1. The van der Waals surface area contributed by atoms with Crippen molar-refractivity contribution in [1.82, 2.24) is 9.55 Å². The number of benzene rings is 2. The number of rotatable bonds is 7. The standard InChI is InChI=1S/C23H26N2O5S/c1-5-30-22(27)23(3,31(4,28)29)12-13-25-15-24-20-14-18(10-11-19(20)21(25)26)17-8-6-16(2)7-9-17/h6-11,14-15H,5,12-13H2,1-4H3/t23-/m1/s1. The molecule has 0 unspecified atom stereocenters. The van der Waals surface area contributed by atoms with Gasteiger partial charge in [0.15, 0.2) is 14.6 Å². The van der Waals surface area contributed by atoms with Gasteiger partial charge in [-0.1, -0.05) is 35.9 Å². The lowest BCUT2D eigenvalue weighted by Crippen LogP contribution is -2.45. The first kappa shape index (κ1) is 22.7. The van der Waals surface area contributed by atoms with Crippen LogP contribution in [-0.4, -0.2) is 41.5 Å². The summed E-state index contributed by atoms with van der Waals surface area (Å²) in [5.41, 5.74) is 3.39. The zero-order valence-electron chi connectivity index (χ0n) is 18.1. The molecule has 2 aromatic carbocycles. The lowest BCUT2D eigenvalue weighted by atomic mass is 10.0. The summed E-state index contributed by atoms with van der Waals surface area (Å²) in [5.74, 6) is -0.818. The van der Waals surface area contributed by atoms with Crippen LogP contribution in [0.4, 0.5) is 0 Å². The Bertz CT molecular complexity index is 1280. The monoisotopic (exact) mass is 442 g/mol. The highest BCUT2D eigenvalue weighted by molar-refractivity contribution is 7.92. The maximum atomic E-state index is 12.9. The molecule has 31 heavy (non-hydrogen) atoms. The minimum Gasteiger partial charge on any atom is -0.465 e. The van der Waals surface area contributed by atoms with Gasteiger partial charge in [0.25, 0.3) is 5.56 Å². The van der Waals surface area contributed by atoms with E-state index < -0.39 is 20.6 Å². The van der Waals surface area contributed by atoms with E-state index in [1.54, 1.807) is 13.0 Å². The Balaban J connectivity index is 1.92. The van der Waals surface area contributed by atoms with Gasteiger partial charge in [-0.2, -0.15) is 0 Å². The van der Waals surface area contributed by atoms with Crippen LogP contribution in [0.2, 0.25) is 0 Å². The molecule has 1 heterocycles. The Hall–Kier alpha value is -3.00. The van der Waals surface area contributed by atoms with Gasteiger partial charge in [0, 0.05) is 12.8 Å². The molecule has 0 bridgehead atoms. The van der Waals surface area contributed by atoms with Crippen LogP contribution in [0.3, 0.4) is 0 Å². The molecule has 8 heteroatoms. The number of carbonyl (C=O) groups is 1. The predicted octanol–water partition coefficient (Wildman–Crippen LogP) is 3.13. The summed E-state index contributed by atoms with van der Waals surface area (Å²) in [6, 6.07) is 13.5. The number of nitrogens with zero attached hydrogens (tertiary/aromatic N) is 2. The number of hydrogen-bond donors (Lipinski definition) is 0. The smallest absolute Gasteiger partial charge is 0.327 e. The minimum absolute atomic E-state index is 0.0177. The molecule has 0 spiro atoms. The van der Waals surface area contributed by atoms with Crippen molar-refractivity contribution in [2.24, 2.45) is 0 Å². The molecule has 7 nitrogen and oxygen atoms in total. The van der Waals surface area contributed by atoms with Gasteiger partial charge >= 0.3 is 5.97 Å². The van der Waals surface area contributed by atoms with Crippen molar-refractivity contribution in [1.29, 1.82) is 0 Å². The molecule has 0 aliphatic heterocycles. The second-order valence-electron chi connectivity index (χ2n) is 7.81. The summed E-state index contributed by atoms with van der Waals surface area (Å²) in [7, 11) is -3.76. The van der Waals surface area contributed by atoms with Crippen molar-refractivity contribution in [3.05, 3.63) is 64.7 Å². The third kappa shape index (κ3) is 4.54. The quantitative estimate of drug-likeness (QED) is 0.522.